The van der Waals surface area contributed by atoms with Crippen LogP contribution in [-0.4, -0.2) is 24.8 Å². The Morgan fingerprint density at radius 3 is 2.96 bits per heavy atom. The molecule has 3 aromatic heterocycles. The number of benzene rings is 1. The standard InChI is InChI=1S/C16H11N7OS2/c17-7-10-8-18-23-13(24)6-12(19-14(10)23)9-25-16-22-21-15(26-16)20-11-4-2-1-3-5-11/h1-6,8,18H,9H2,(H,20,21). The lowest BCUT2D eigenvalue weighted by Gasteiger charge is -2.00. The molecule has 3 heterocycles. The molecular weight excluding hydrogens is 370 g/mol. The van der Waals surface area contributed by atoms with Gasteiger partial charge in [-0.2, -0.15) is 5.26 Å². The number of fused-ring (bicyclic) bond motifs is 1. The van der Waals surface area contributed by atoms with E-state index in [0.717, 1.165) is 10.0 Å². The molecule has 0 amide bonds. The van der Waals surface area contributed by atoms with Crippen molar-refractivity contribution in [3.63, 3.8) is 0 Å². The zero-order valence-corrected chi connectivity index (χ0v) is 14.8. The van der Waals surface area contributed by atoms with Gasteiger partial charge in [-0.3, -0.25) is 9.89 Å². The molecule has 128 valence electrons. The monoisotopic (exact) mass is 381 g/mol. The fourth-order valence-corrected chi connectivity index (χ4v) is 3.95. The number of para-hydroxylation sites is 1. The van der Waals surface area contributed by atoms with Crippen molar-refractivity contribution in [3.8, 4) is 6.07 Å². The van der Waals surface area contributed by atoms with Crippen LogP contribution in [0.4, 0.5) is 10.8 Å². The third kappa shape index (κ3) is 3.30. The molecule has 0 aliphatic carbocycles. The van der Waals surface area contributed by atoms with Gasteiger partial charge in [-0.05, 0) is 12.1 Å². The van der Waals surface area contributed by atoms with Crippen LogP contribution in [0.3, 0.4) is 0 Å². The molecule has 4 aromatic rings. The first kappa shape index (κ1) is 16.3. The van der Waals surface area contributed by atoms with Crippen LogP contribution in [-0.2, 0) is 5.75 Å². The molecule has 4 rings (SSSR count). The summed E-state index contributed by atoms with van der Waals surface area (Å²) >= 11 is 2.86. The summed E-state index contributed by atoms with van der Waals surface area (Å²) in [6.45, 7) is 0. The van der Waals surface area contributed by atoms with E-state index in [1.54, 1.807) is 0 Å². The molecule has 0 radical (unpaired) electrons. The van der Waals surface area contributed by atoms with Gasteiger partial charge in [-0.1, -0.05) is 41.3 Å². The summed E-state index contributed by atoms with van der Waals surface area (Å²) in [5.74, 6) is 0.460. The first-order valence-electron chi connectivity index (χ1n) is 7.51. The smallest absolute Gasteiger partial charge is 0.272 e. The number of rotatable bonds is 5. The zero-order valence-electron chi connectivity index (χ0n) is 13.2. The normalized spacial score (nSPS) is 10.7. The highest BCUT2D eigenvalue weighted by Crippen LogP contribution is 2.29. The lowest BCUT2D eigenvalue weighted by molar-refractivity contribution is 0.888. The Kier molecular flexibility index (Phi) is 4.39. The summed E-state index contributed by atoms with van der Waals surface area (Å²) in [7, 11) is 0. The van der Waals surface area contributed by atoms with E-state index in [1.165, 1.54) is 39.9 Å². The maximum atomic E-state index is 12.1. The molecule has 0 atom stereocenters. The number of nitrogens with zero attached hydrogens (tertiary/aromatic N) is 5. The topological polar surface area (TPSA) is 112 Å². The summed E-state index contributed by atoms with van der Waals surface area (Å²) in [6.07, 6.45) is 1.47. The molecule has 0 saturated carbocycles. The van der Waals surface area contributed by atoms with Gasteiger partial charge in [0.2, 0.25) is 5.13 Å². The van der Waals surface area contributed by atoms with Gasteiger partial charge in [0.05, 0.1) is 5.69 Å². The van der Waals surface area contributed by atoms with E-state index in [9.17, 15) is 4.79 Å². The van der Waals surface area contributed by atoms with Crippen LogP contribution < -0.4 is 10.9 Å². The summed E-state index contributed by atoms with van der Waals surface area (Å²) in [6, 6.07) is 13.2. The molecule has 0 bridgehead atoms. The van der Waals surface area contributed by atoms with Crippen molar-refractivity contribution in [2.45, 2.75) is 10.1 Å². The highest BCUT2D eigenvalue weighted by atomic mass is 32.2. The molecule has 0 aliphatic heterocycles. The Labute approximate surface area is 155 Å². The van der Waals surface area contributed by atoms with Crippen LogP contribution in [0, 0.1) is 11.3 Å². The third-order valence-corrected chi connectivity index (χ3v) is 5.45. The van der Waals surface area contributed by atoms with Crippen LogP contribution in [0.1, 0.15) is 11.3 Å². The van der Waals surface area contributed by atoms with E-state index in [-0.39, 0.29) is 5.56 Å². The van der Waals surface area contributed by atoms with Crippen LogP contribution in [0.2, 0.25) is 0 Å². The molecule has 8 nitrogen and oxygen atoms in total. The van der Waals surface area contributed by atoms with Gasteiger partial charge in [-0.15, -0.1) is 10.2 Å². The third-order valence-electron chi connectivity index (χ3n) is 3.45. The van der Waals surface area contributed by atoms with Gasteiger partial charge >= 0.3 is 0 Å². The maximum Gasteiger partial charge on any atom is 0.272 e. The summed E-state index contributed by atoms with van der Waals surface area (Å²) < 4.78 is 2.01. The van der Waals surface area contributed by atoms with Crippen LogP contribution in [0.5, 0.6) is 0 Å². The summed E-state index contributed by atoms with van der Waals surface area (Å²) in [4.78, 5) is 16.5. The van der Waals surface area contributed by atoms with Gasteiger partial charge in [0.25, 0.3) is 5.56 Å². The number of thioether (sulfide) groups is 1. The minimum Gasteiger partial charge on any atom is -0.330 e. The second kappa shape index (κ2) is 6.99. The largest absolute Gasteiger partial charge is 0.330 e. The Bertz CT molecular complexity index is 1160. The molecule has 10 heteroatoms. The first-order chi connectivity index (χ1) is 12.7. The average molecular weight is 381 g/mol. The van der Waals surface area contributed by atoms with Crippen molar-refractivity contribution in [2.75, 3.05) is 5.32 Å². The van der Waals surface area contributed by atoms with Gasteiger partial charge in [0.1, 0.15) is 11.6 Å². The Hall–Kier alpha value is -3.16. The van der Waals surface area contributed by atoms with Crippen molar-refractivity contribution in [1.29, 1.82) is 5.26 Å². The van der Waals surface area contributed by atoms with Crippen LogP contribution in [0.15, 0.2) is 51.7 Å². The van der Waals surface area contributed by atoms with E-state index in [4.69, 9.17) is 5.26 Å². The maximum absolute atomic E-state index is 12.1. The minimum absolute atomic E-state index is 0.254. The molecule has 0 aliphatic rings. The average Bonchev–Trinajstić information content (AvgIpc) is 3.27. The fourth-order valence-electron chi connectivity index (χ4n) is 2.28. The zero-order chi connectivity index (χ0) is 17.9. The van der Waals surface area contributed by atoms with Crippen molar-refractivity contribution < 1.29 is 0 Å². The van der Waals surface area contributed by atoms with Gasteiger partial charge in [0, 0.05) is 23.7 Å². The van der Waals surface area contributed by atoms with Crippen molar-refractivity contribution >= 4 is 39.6 Å². The number of H-pyrrole nitrogens is 1. The Morgan fingerprint density at radius 2 is 2.15 bits per heavy atom. The number of aromatic amines is 1. The highest BCUT2D eigenvalue weighted by Gasteiger charge is 2.10. The van der Waals surface area contributed by atoms with E-state index < -0.39 is 0 Å². The number of nitrogens with one attached hydrogen (secondary N) is 2. The molecule has 0 unspecified atom stereocenters. The van der Waals surface area contributed by atoms with Crippen LogP contribution in [0.25, 0.3) is 5.65 Å². The lowest BCUT2D eigenvalue weighted by Crippen LogP contribution is -2.15. The number of nitriles is 1. The summed E-state index contributed by atoms with van der Waals surface area (Å²) in [5.41, 5.74) is 1.94. The first-order valence-corrected chi connectivity index (χ1v) is 9.32. The predicted molar refractivity (Wildman–Crippen MR) is 99.7 cm³/mol. The number of hydrogen-bond acceptors (Lipinski definition) is 8. The molecule has 2 N–H and O–H groups in total. The van der Waals surface area contributed by atoms with Crippen molar-refractivity contribution in [3.05, 3.63) is 64.2 Å². The molecule has 1 aromatic carbocycles. The summed E-state index contributed by atoms with van der Waals surface area (Å²) in [5, 5.41) is 23.9. The number of anilines is 2. The molecule has 26 heavy (non-hydrogen) atoms. The Morgan fingerprint density at radius 1 is 1.31 bits per heavy atom. The van der Waals surface area contributed by atoms with E-state index in [2.05, 4.69) is 25.6 Å². The predicted octanol–water partition coefficient (Wildman–Crippen LogP) is 2.78. The van der Waals surface area contributed by atoms with Gasteiger partial charge in [-0.25, -0.2) is 9.50 Å². The second-order valence-corrected chi connectivity index (χ2v) is 7.40. The van der Waals surface area contributed by atoms with E-state index in [1.807, 2.05) is 36.4 Å². The molecular formula is C16H11N7OS2. The minimum atomic E-state index is -0.254. The van der Waals surface area contributed by atoms with Gasteiger partial charge in [0.15, 0.2) is 9.99 Å². The molecule has 0 spiro atoms. The van der Waals surface area contributed by atoms with E-state index in [0.29, 0.717) is 27.8 Å². The highest BCUT2D eigenvalue weighted by molar-refractivity contribution is 8.00. The van der Waals surface area contributed by atoms with Crippen molar-refractivity contribution in [2.24, 2.45) is 0 Å². The quantitative estimate of drug-likeness (QED) is 0.511. The van der Waals surface area contributed by atoms with E-state index >= 15 is 0 Å². The SMILES string of the molecule is N#Cc1c[nH]n2c(=O)cc(CSc3nnc(Nc4ccccc4)s3)nc12. The molecule has 0 saturated heterocycles. The molecule has 0 fully saturated rings. The lowest BCUT2D eigenvalue weighted by atomic mass is 10.3. The number of aromatic nitrogens is 5. The van der Waals surface area contributed by atoms with Crippen molar-refractivity contribution in [1.82, 2.24) is 24.8 Å². The fraction of sp³-hybridized carbons (Fsp3) is 0.0625. The van der Waals surface area contributed by atoms with Crippen LogP contribution >= 0.6 is 23.1 Å². The van der Waals surface area contributed by atoms with Gasteiger partial charge < -0.3 is 5.32 Å². The Balaban J connectivity index is 1.49. The number of hydrogen-bond donors (Lipinski definition) is 2. The second-order valence-electron chi connectivity index (χ2n) is 5.20.